The Morgan fingerprint density at radius 3 is 2.36 bits per heavy atom. The van der Waals surface area contributed by atoms with Gasteiger partial charge in [-0.3, -0.25) is 9.52 Å². The highest BCUT2D eigenvalue weighted by molar-refractivity contribution is 7.92. The monoisotopic (exact) mass is 427 g/mol. The van der Waals surface area contributed by atoms with Gasteiger partial charge in [-0.1, -0.05) is 23.7 Å². The third kappa shape index (κ3) is 5.51. The summed E-state index contributed by atoms with van der Waals surface area (Å²) in [6.07, 6.45) is 0.338. The van der Waals surface area contributed by atoms with Crippen LogP contribution in [0.4, 0.5) is 10.5 Å². The van der Waals surface area contributed by atoms with Crippen molar-refractivity contribution in [2.24, 2.45) is 11.5 Å². The number of amides is 2. The fourth-order valence-corrected chi connectivity index (χ4v) is 3.71. The number of hydrogen-bond donors (Lipinski definition) is 4. The summed E-state index contributed by atoms with van der Waals surface area (Å²) >= 11 is 5.78. The van der Waals surface area contributed by atoms with Crippen LogP contribution in [0, 0.1) is 0 Å². The number of nitrogens with two attached hydrogens (primary N) is 2. The number of hydrogen-bond acceptors (Lipinski definition) is 6. The molecule has 150 valence electrons. The molecule has 0 fully saturated rings. The topological polar surface area (TPSA) is 162 Å². The normalized spacial score (nSPS) is 11.0. The molecule has 9 nitrogen and oxygen atoms in total. The SMILES string of the molecule is NC(=O)OCCCc1ccc(NS(=O)(=O)c2cc(Cl)c(O)c(C(N)=O)c2)cc1. The number of primary amides is 2. The van der Waals surface area contributed by atoms with Crippen LogP contribution in [0.2, 0.25) is 5.02 Å². The van der Waals surface area contributed by atoms with Crippen LogP contribution < -0.4 is 16.2 Å². The summed E-state index contributed by atoms with van der Waals surface area (Å²) in [5, 5.41) is 9.40. The van der Waals surface area contributed by atoms with E-state index < -0.39 is 33.3 Å². The van der Waals surface area contributed by atoms with E-state index in [4.69, 9.17) is 23.1 Å². The molecule has 0 aliphatic rings. The molecule has 0 aliphatic heterocycles. The number of phenols is 1. The van der Waals surface area contributed by atoms with E-state index in [0.717, 1.165) is 17.7 Å². The Kier molecular flexibility index (Phi) is 6.71. The van der Waals surface area contributed by atoms with Gasteiger partial charge in [-0.2, -0.15) is 0 Å². The number of halogens is 1. The maximum Gasteiger partial charge on any atom is 0.404 e. The van der Waals surface area contributed by atoms with Crippen LogP contribution >= 0.6 is 11.6 Å². The number of anilines is 1. The lowest BCUT2D eigenvalue weighted by Crippen LogP contribution is -2.16. The molecular formula is C17H18ClN3O6S. The van der Waals surface area contributed by atoms with E-state index in [9.17, 15) is 23.1 Å². The minimum absolute atomic E-state index is 0.188. The van der Waals surface area contributed by atoms with Crippen molar-refractivity contribution in [2.75, 3.05) is 11.3 Å². The molecule has 0 heterocycles. The highest BCUT2D eigenvalue weighted by atomic mass is 35.5. The Morgan fingerprint density at radius 1 is 1.14 bits per heavy atom. The molecule has 0 radical (unpaired) electrons. The number of sulfonamides is 1. The molecular weight excluding hydrogens is 410 g/mol. The van der Waals surface area contributed by atoms with E-state index in [1.807, 2.05) is 0 Å². The first-order chi connectivity index (χ1) is 13.1. The van der Waals surface area contributed by atoms with Gasteiger partial charge in [0.1, 0.15) is 5.75 Å². The number of rotatable bonds is 8. The second-order valence-corrected chi connectivity index (χ2v) is 7.83. The maximum atomic E-state index is 12.5. The third-order valence-electron chi connectivity index (χ3n) is 3.67. The Hall–Kier alpha value is -2.98. The number of nitrogens with one attached hydrogen (secondary N) is 1. The van der Waals surface area contributed by atoms with Crippen LogP contribution in [0.25, 0.3) is 0 Å². The lowest BCUT2D eigenvalue weighted by atomic mass is 10.1. The van der Waals surface area contributed by atoms with Gasteiger partial charge in [-0.15, -0.1) is 0 Å². The fraction of sp³-hybridized carbons (Fsp3) is 0.176. The Bertz CT molecular complexity index is 993. The van der Waals surface area contributed by atoms with Gasteiger partial charge < -0.3 is 21.3 Å². The highest BCUT2D eigenvalue weighted by Crippen LogP contribution is 2.31. The minimum Gasteiger partial charge on any atom is -0.506 e. The minimum atomic E-state index is -4.08. The Labute approximate surface area is 166 Å². The van der Waals surface area contributed by atoms with Crippen molar-refractivity contribution in [3.8, 4) is 5.75 Å². The predicted molar refractivity (Wildman–Crippen MR) is 103 cm³/mol. The van der Waals surface area contributed by atoms with Gasteiger partial charge in [-0.05, 0) is 42.7 Å². The number of carbonyl (C=O) groups is 2. The standard InChI is InChI=1S/C17H18ClN3O6S/c18-14-9-12(8-13(15(14)22)16(19)23)28(25,26)21-11-5-3-10(4-6-11)2-1-7-27-17(20)24/h3-6,8-9,21-22H,1-2,7H2,(H2,19,23)(H2,20,24). The van der Waals surface area contributed by atoms with Crippen molar-refractivity contribution < 1.29 is 27.9 Å². The van der Waals surface area contributed by atoms with Gasteiger partial charge in [0.05, 0.1) is 22.1 Å². The zero-order chi connectivity index (χ0) is 20.9. The second-order valence-electron chi connectivity index (χ2n) is 5.74. The molecule has 0 aromatic heterocycles. The van der Waals surface area contributed by atoms with Crippen molar-refractivity contribution in [1.82, 2.24) is 0 Å². The molecule has 0 atom stereocenters. The predicted octanol–water partition coefficient (Wildman–Crippen LogP) is 1.97. The van der Waals surface area contributed by atoms with Gasteiger partial charge in [0.15, 0.2) is 0 Å². The van der Waals surface area contributed by atoms with Crippen LogP contribution in [0.1, 0.15) is 22.3 Å². The molecule has 2 aromatic carbocycles. The Balaban J connectivity index is 2.12. The molecule has 2 rings (SSSR count). The van der Waals surface area contributed by atoms with Gasteiger partial charge >= 0.3 is 6.09 Å². The van der Waals surface area contributed by atoms with Crippen molar-refractivity contribution in [3.63, 3.8) is 0 Å². The van der Waals surface area contributed by atoms with E-state index in [1.165, 1.54) is 0 Å². The molecule has 11 heteroatoms. The second kappa shape index (κ2) is 8.81. The van der Waals surface area contributed by atoms with Crippen molar-refractivity contribution in [3.05, 3.63) is 52.5 Å². The molecule has 0 aliphatic carbocycles. The summed E-state index contributed by atoms with van der Waals surface area (Å²) in [4.78, 5) is 21.5. The lowest BCUT2D eigenvalue weighted by molar-refractivity contribution is 0.0997. The van der Waals surface area contributed by atoms with Crippen LogP contribution in [-0.2, 0) is 21.2 Å². The molecule has 0 spiro atoms. The van der Waals surface area contributed by atoms with Crippen molar-refractivity contribution in [1.29, 1.82) is 0 Å². The molecule has 0 saturated heterocycles. The first-order valence-corrected chi connectivity index (χ1v) is 9.82. The average Bonchev–Trinajstić information content (AvgIpc) is 2.61. The third-order valence-corrected chi connectivity index (χ3v) is 5.32. The highest BCUT2D eigenvalue weighted by Gasteiger charge is 2.21. The number of ether oxygens (including phenoxy) is 1. The number of benzene rings is 2. The van der Waals surface area contributed by atoms with Crippen molar-refractivity contribution >= 4 is 39.3 Å². The first-order valence-electron chi connectivity index (χ1n) is 7.96. The summed E-state index contributed by atoms with van der Waals surface area (Å²) in [7, 11) is -4.08. The number of aryl methyl sites for hydroxylation is 1. The number of carbonyl (C=O) groups excluding carboxylic acids is 2. The van der Waals surface area contributed by atoms with E-state index in [0.29, 0.717) is 12.8 Å². The van der Waals surface area contributed by atoms with Crippen LogP contribution in [0.15, 0.2) is 41.3 Å². The summed E-state index contributed by atoms with van der Waals surface area (Å²) in [5.74, 6) is -1.60. The maximum absolute atomic E-state index is 12.5. The Morgan fingerprint density at radius 2 is 1.79 bits per heavy atom. The molecule has 28 heavy (non-hydrogen) atoms. The summed E-state index contributed by atoms with van der Waals surface area (Å²) < 4.78 is 32.1. The first kappa shape index (κ1) is 21.3. The molecule has 2 aromatic rings. The summed E-state index contributed by atoms with van der Waals surface area (Å²) in [6.45, 7) is 0.188. The summed E-state index contributed by atoms with van der Waals surface area (Å²) in [5.41, 5.74) is 10.8. The van der Waals surface area contributed by atoms with E-state index in [-0.39, 0.29) is 22.2 Å². The van der Waals surface area contributed by atoms with Gasteiger partial charge in [0, 0.05) is 5.69 Å². The molecule has 6 N–H and O–H groups in total. The smallest absolute Gasteiger partial charge is 0.404 e. The van der Waals surface area contributed by atoms with Crippen LogP contribution in [-0.4, -0.2) is 32.1 Å². The largest absolute Gasteiger partial charge is 0.506 e. The lowest BCUT2D eigenvalue weighted by Gasteiger charge is -2.11. The summed E-state index contributed by atoms with van der Waals surface area (Å²) in [6, 6.07) is 8.48. The van der Waals surface area contributed by atoms with Crippen molar-refractivity contribution in [2.45, 2.75) is 17.7 Å². The molecule has 0 bridgehead atoms. The molecule has 0 saturated carbocycles. The van der Waals surface area contributed by atoms with E-state index in [1.54, 1.807) is 24.3 Å². The van der Waals surface area contributed by atoms with Crippen LogP contribution in [0.3, 0.4) is 0 Å². The zero-order valence-corrected chi connectivity index (χ0v) is 16.1. The fourth-order valence-electron chi connectivity index (χ4n) is 2.32. The van der Waals surface area contributed by atoms with E-state index >= 15 is 0 Å². The van der Waals surface area contributed by atoms with Gasteiger partial charge in [0.25, 0.3) is 15.9 Å². The zero-order valence-electron chi connectivity index (χ0n) is 14.5. The quantitative estimate of drug-likeness (QED) is 0.470. The van der Waals surface area contributed by atoms with Gasteiger partial charge in [0.2, 0.25) is 0 Å². The van der Waals surface area contributed by atoms with E-state index in [2.05, 4.69) is 9.46 Å². The average molecular weight is 428 g/mol. The number of aromatic hydroxyl groups is 1. The molecule has 0 unspecified atom stereocenters. The molecule has 2 amide bonds. The van der Waals surface area contributed by atoms with Crippen LogP contribution in [0.5, 0.6) is 5.75 Å². The van der Waals surface area contributed by atoms with Gasteiger partial charge in [-0.25, -0.2) is 13.2 Å².